The number of Topliss-reactive ketones (excluding diaryl/α,β-unsaturated/α-hetero) is 1. The van der Waals surface area contributed by atoms with Crippen LogP contribution in [0.3, 0.4) is 0 Å². The third-order valence-corrected chi connectivity index (χ3v) is 4.02. The van der Waals surface area contributed by atoms with Gasteiger partial charge in [-0.2, -0.15) is 0 Å². The number of ketones is 1. The maximum atomic E-state index is 12.2. The molecule has 2 aromatic rings. The van der Waals surface area contributed by atoms with Crippen LogP contribution in [0.4, 0.5) is 0 Å². The van der Waals surface area contributed by atoms with Gasteiger partial charge in [-0.1, -0.05) is 17.7 Å². The molecule has 0 aliphatic rings. The van der Waals surface area contributed by atoms with Gasteiger partial charge in [0.1, 0.15) is 0 Å². The second-order valence-corrected chi connectivity index (χ2v) is 5.66. The Morgan fingerprint density at radius 2 is 1.73 bits per heavy atom. The lowest BCUT2D eigenvalue weighted by atomic mass is 10.1. The predicted molar refractivity (Wildman–Crippen MR) is 85.4 cm³/mol. The first kappa shape index (κ1) is 16.0. The zero-order valence-corrected chi connectivity index (χ0v) is 13.7. The van der Waals surface area contributed by atoms with E-state index in [1.54, 1.807) is 6.07 Å². The number of nitrogens with zero attached hydrogens (tertiary/aromatic N) is 1. The highest BCUT2D eigenvalue weighted by molar-refractivity contribution is 6.00. The van der Waals surface area contributed by atoms with E-state index in [9.17, 15) is 9.59 Å². The van der Waals surface area contributed by atoms with E-state index in [1.165, 1.54) is 0 Å². The first-order valence-corrected chi connectivity index (χ1v) is 7.21. The first-order valence-electron chi connectivity index (χ1n) is 7.21. The van der Waals surface area contributed by atoms with Gasteiger partial charge in [0.25, 0.3) is 0 Å². The van der Waals surface area contributed by atoms with Gasteiger partial charge in [0, 0.05) is 24.0 Å². The highest BCUT2D eigenvalue weighted by Crippen LogP contribution is 2.15. The van der Waals surface area contributed by atoms with E-state index in [2.05, 4.69) is 0 Å². The van der Waals surface area contributed by atoms with E-state index in [0.29, 0.717) is 11.1 Å². The van der Waals surface area contributed by atoms with Crippen LogP contribution >= 0.6 is 0 Å². The summed E-state index contributed by atoms with van der Waals surface area (Å²) in [6, 6.07) is 7.41. The maximum absolute atomic E-state index is 12.2. The van der Waals surface area contributed by atoms with Gasteiger partial charge in [0.05, 0.1) is 5.56 Å². The third-order valence-electron chi connectivity index (χ3n) is 4.02. The molecule has 0 unspecified atom stereocenters. The quantitative estimate of drug-likeness (QED) is 0.643. The molecule has 1 aromatic heterocycles. The van der Waals surface area contributed by atoms with Gasteiger partial charge < -0.3 is 9.30 Å². The van der Waals surface area contributed by atoms with Gasteiger partial charge in [-0.05, 0) is 45.4 Å². The van der Waals surface area contributed by atoms with E-state index in [4.69, 9.17) is 4.74 Å². The molecular formula is C18H21NO3. The summed E-state index contributed by atoms with van der Waals surface area (Å²) in [5.74, 6) is -0.639. The summed E-state index contributed by atoms with van der Waals surface area (Å²) in [5.41, 5.74) is 4.82. The minimum Gasteiger partial charge on any atom is -0.454 e. The molecule has 0 bridgehead atoms. The van der Waals surface area contributed by atoms with Gasteiger partial charge in [0.2, 0.25) is 5.78 Å². The molecule has 1 aromatic carbocycles. The number of ether oxygens (including phenoxy) is 1. The van der Waals surface area contributed by atoms with Gasteiger partial charge in [0.15, 0.2) is 6.61 Å². The van der Waals surface area contributed by atoms with Gasteiger partial charge in [-0.3, -0.25) is 4.79 Å². The van der Waals surface area contributed by atoms with E-state index < -0.39 is 5.97 Å². The molecule has 0 atom stereocenters. The lowest BCUT2D eigenvalue weighted by molar-refractivity contribution is 0.0473. The fourth-order valence-corrected chi connectivity index (χ4v) is 2.38. The van der Waals surface area contributed by atoms with Crippen molar-refractivity contribution in [3.8, 4) is 0 Å². The summed E-state index contributed by atoms with van der Waals surface area (Å²) in [5, 5.41) is 0. The summed E-state index contributed by atoms with van der Waals surface area (Å²) in [6.07, 6.45) is 0. The number of esters is 1. The number of carbonyl (C=O) groups is 2. The van der Waals surface area contributed by atoms with E-state index in [-0.39, 0.29) is 12.4 Å². The van der Waals surface area contributed by atoms with Crippen molar-refractivity contribution < 1.29 is 14.3 Å². The molecule has 0 aliphatic heterocycles. The Morgan fingerprint density at radius 3 is 2.32 bits per heavy atom. The molecule has 2 rings (SSSR count). The Kier molecular flexibility index (Phi) is 4.50. The Morgan fingerprint density at radius 1 is 1.05 bits per heavy atom. The van der Waals surface area contributed by atoms with Crippen LogP contribution in [-0.2, 0) is 11.8 Å². The van der Waals surface area contributed by atoms with Gasteiger partial charge >= 0.3 is 5.97 Å². The molecule has 0 fully saturated rings. The topological polar surface area (TPSA) is 48.3 Å². The monoisotopic (exact) mass is 299 g/mol. The molecule has 22 heavy (non-hydrogen) atoms. The van der Waals surface area contributed by atoms with Crippen molar-refractivity contribution >= 4 is 11.8 Å². The SMILES string of the molecule is Cc1ccc(C)c(C(=O)OCC(=O)c2cc(C)n(C)c2C)c1. The first-order chi connectivity index (χ1) is 10.3. The van der Waals surface area contributed by atoms with E-state index in [0.717, 1.165) is 22.5 Å². The number of aryl methyl sites for hydroxylation is 3. The minimum atomic E-state index is -0.458. The van der Waals surface area contributed by atoms with Crippen molar-refractivity contribution in [2.75, 3.05) is 6.61 Å². The molecule has 116 valence electrons. The zero-order chi connectivity index (χ0) is 16.4. The smallest absolute Gasteiger partial charge is 0.338 e. The summed E-state index contributed by atoms with van der Waals surface area (Å²) < 4.78 is 7.13. The number of aromatic nitrogens is 1. The molecule has 0 N–H and O–H groups in total. The van der Waals surface area contributed by atoms with Gasteiger partial charge in [-0.15, -0.1) is 0 Å². The molecule has 0 saturated heterocycles. The number of hydrogen-bond acceptors (Lipinski definition) is 3. The van der Waals surface area contributed by atoms with E-state index in [1.807, 2.05) is 57.5 Å². The van der Waals surface area contributed by atoms with Crippen LogP contribution in [0.1, 0.15) is 43.2 Å². The van der Waals surface area contributed by atoms with Crippen LogP contribution in [0.15, 0.2) is 24.3 Å². The Balaban J connectivity index is 2.09. The molecule has 0 radical (unpaired) electrons. The molecular weight excluding hydrogens is 278 g/mol. The van der Waals surface area contributed by atoms with Crippen molar-refractivity contribution in [1.82, 2.24) is 4.57 Å². The fourth-order valence-electron chi connectivity index (χ4n) is 2.38. The third kappa shape index (κ3) is 3.11. The number of carbonyl (C=O) groups excluding carboxylic acids is 2. The van der Waals surface area contributed by atoms with Crippen LogP contribution in [0.25, 0.3) is 0 Å². The zero-order valence-electron chi connectivity index (χ0n) is 13.7. The highest BCUT2D eigenvalue weighted by Gasteiger charge is 2.17. The molecule has 0 saturated carbocycles. The Labute approximate surface area is 130 Å². The molecule has 4 nitrogen and oxygen atoms in total. The summed E-state index contributed by atoms with van der Waals surface area (Å²) >= 11 is 0. The van der Waals surface area contributed by atoms with Crippen LogP contribution in [0.5, 0.6) is 0 Å². The average molecular weight is 299 g/mol. The number of benzene rings is 1. The molecule has 0 spiro atoms. The largest absolute Gasteiger partial charge is 0.454 e. The lowest BCUT2D eigenvalue weighted by Gasteiger charge is -2.08. The fraction of sp³-hybridized carbons (Fsp3) is 0.333. The second-order valence-electron chi connectivity index (χ2n) is 5.66. The summed E-state index contributed by atoms with van der Waals surface area (Å²) in [7, 11) is 1.91. The number of rotatable bonds is 4. The molecule has 0 amide bonds. The Bertz CT molecular complexity index is 741. The van der Waals surface area contributed by atoms with Crippen molar-refractivity contribution in [3.05, 3.63) is 57.9 Å². The van der Waals surface area contributed by atoms with Crippen molar-refractivity contribution in [1.29, 1.82) is 0 Å². The summed E-state index contributed by atoms with van der Waals surface area (Å²) in [6.45, 7) is 7.34. The van der Waals surface area contributed by atoms with Crippen molar-refractivity contribution in [3.63, 3.8) is 0 Å². The van der Waals surface area contributed by atoms with Crippen molar-refractivity contribution in [2.24, 2.45) is 7.05 Å². The van der Waals surface area contributed by atoms with Crippen LogP contribution in [0, 0.1) is 27.7 Å². The number of hydrogen-bond donors (Lipinski definition) is 0. The Hall–Kier alpha value is -2.36. The summed E-state index contributed by atoms with van der Waals surface area (Å²) in [4.78, 5) is 24.4. The molecule has 4 heteroatoms. The maximum Gasteiger partial charge on any atom is 0.338 e. The van der Waals surface area contributed by atoms with Crippen molar-refractivity contribution in [2.45, 2.75) is 27.7 Å². The van der Waals surface area contributed by atoms with Gasteiger partial charge in [-0.25, -0.2) is 4.79 Å². The van der Waals surface area contributed by atoms with Crippen LogP contribution in [-0.4, -0.2) is 22.9 Å². The van der Waals surface area contributed by atoms with Crippen LogP contribution in [0.2, 0.25) is 0 Å². The molecule has 0 aliphatic carbocycles. The minimum absolute atomic E-state index is 0.181. The van der Waals surface area contributed by atoms with E-state index >= 15 is 0 Å². The average Bonchev–Trinajstić information content (AvgIpc) is 2.74. The molecule has 1 heterocycles. The lowest BCUT2D eigenvalue weighted by Crippen LogP contribution is -2.15. The second kappa shape index (κ2) is 6.18. The standard InChI is InChI=1S/C18H21NO3/c1-11-6-7-12(2)15(8-11)18(21)22-10-17(20)16-9-13(3)19(5)14(16)4/h6-9H,10H2,1-5H3. The predicted octanol–water partition coefficient (Wildman–Crippen LogP) is 3.30. The normalized spacial score (nSPS) is 10.6. The highest BCUT2D eigenvalue weighted by atomic mass is 16.5. The van der Waals surface area contributed by atoms with Crippen LogP contribution < -0.4 is 0 Å².